The summed E-state index contributed by atoms with van der Waals surface area (Å²) in [5.41, 5.74) is 0.862. The fourth-order valence-corrected chi connectivity index (χ4v) is 4.32. The molecule has 6 nitrogen and oxygen atoms in total. The van der Waals surface area contributed by atoms with Gasteiger partial charge >= 0.3 is 0 Å². The maximum Gasteiger partial charge on any atom is 0.245 e. The van der Waals surface area contributed by atoms with Gasteiger partial charge in [-0.05, 0) is 48.4 Å². The van der Waals surface area contributed by atoms with Crippen molar-refractivity contribution in [2.45, 2.75) is 17.4 Å². The molecule has 9 heteroatoms. The van der Waals surface area contributed by atoms with E-state index < -0.39 is 38.5 Å². The number of benzene rings is 3. The molecule has 0 saturated carbocycles. The van der Waals surface area contributed by atoms with E-state index in [-0.39, 0.29) is 17.9 Å². The normalized spacial score (nSPS) is 12.2. The molecule has 162 valence electrons. The second-order valence-electron chi connectivity index (χ2n) is 6.66. The average Bonchev–Trinajstić information content (AvgIpc) is 2.74. The molecule has 0 aliphatic heterocycles. The van der Waals surface area contributed by atoms with Crippen molar-refractivity contribution in [3.05, 3.63) is 90.0 Å². The number of anilines is 1. The van der Waals surface area contributed by atoms with Crippen LogP contribution in [0.2, 0.25) is 0 Å². The van der Waals surface area contributed by atoms with Crippen LogP contribution in [0.25, 0.3) is 0 Å². The lowest BCUT2D eigenvalue weighted by Gasteiger charge is -2.20. The van der Waals surface area contributed by atoms with E-state index in [4.69, 9.17) is 4.74 Å². The molecule has 3 aromatic carbocycles. The first-order valence-electron chi connectivity index (χ1n) is 9.25. The maximum atomic E-state index is 13.7. The highest BCUT2D eigenvalue weighted by Crippen LogP contribution is 2.25. The molecule has 0 aromatic heterocycles. The number of carbonyl (C=O) groups is 1. The number of ether oxygens (including phenoxy) is 1. The molecule has 1 unspecified atom stereocenters. The van der Waals surface area contributed by atoms with Crippen LogP contribution in [-0.2, 0) is 21.2 Å². The largest absolute Gasteiger partial charge is 0.495 e. The zero-order valence-electron chi connectivity index (χ0n) is 16.5. The van der Waals surface area contributed by atoms with Gasteiger partial charge in [0.2, 0.25) is 15.9 Å². The van der Waals surface area contributed by atoms with Crippen molar-refractivity contribution in [1.82, 2.24) is 4.72 Å². The number of carbonyl (C=O) groups excluding carboxylic acids is 1. The zero-order chi connectivity index (χ0) is 22.4. The molecule has 0 saturated heterocycles. The first-order valence-corrected chi connectivity index (χ1v) is 10.7. The van der Waals surface area contributed by atoms with Gasteiger partial charge in [0.1, 0.15) is 28.3 Å². The van der Waals surface area contributed by atoms with E-state index in [1.165, 1.54) is 31.4 Å². The Morgan fingerprint density at radius 2 is 1.68 bits per heavy atom. The van der Waals surface area contributed by atoms with E-state index >= 15 is 0 Å². The molecule has 0 fully saturated rings. The van der Waals surface area contributed by atoms with Crippen molar-refractivity contribution in [3.63, 3.8) is 0 Å². The monoisotopic (exact) mass is 446 g/mol. The van der Waals surface area contributed by atoms with Crippen molar-refractivity contribution in [2.24, 2.45) is 0 Å². The van der Waals surface area contributed by atoms with Gasteiger partial charge in [0.15, 0.2) is 0 Å². The first-order chi connectivity index (χ1) is 14.8. The molecule has 2 N–H and O–H groups in total. The third kappa shape index (κ3) is 5.87. The Bertz CT molecular complexity index is 1170. The summed E-state index contributed by atoms with van der Waals surface area (Å²) >= 11 is 0. The van der Waals surface area contributed by atoms with Crippen molar-refractivity contribution >= 4 is 21.6 Å². The van der Waals surface area contributed by atoms with Crippen LogP contribution >= 0.6 is 0 Å². The van der Waals surface area contributed by atoms with Crippen molar-refractivity contribution in [1.29, 1.82) is 0 Å². The Morgan fingerprint density at radius 3 is 2.35 bits per heavy atom. The molecule has 3 rings (SSSR count). The molecule has 0 spiro atoms. The van der Waals surface area contributed by atoms with Crippen LogP contribution in [0.4, 0.5) is 14.5 Å². The molecule has 3 aromatic rings. The second-order valence-corrected chi connectivity index (χ2v) is 8.34. The lowest BCUT2D eigenvalue weighted by Crippen LogP contribution is -2.45. The van der Waals surface area contributed by atoms with Gasteiger partial charge in [0.05, 0.1) is 7.11 Å². The second kappa shape index (κ2) is 9.67. The van der Waals surface area contributed by atoms with E-state index in [1.807, 2.05) is 0 Å². The molecular formula is C22H20F2N2O4S. The number of hydrogen-bond donors (Lipinski definition) is 2. The van der Waals surface area contributed by atoms with Gasteiger partial charge in [-0.25, -0.2) is 17.2 Å². The van der Waals surface area contributed by atoms with Gasteiger partial charge in [0, 0.05) is 5.69 Å². The van der Waals surface area contributed by atoms with Gasteiger partial charge in [-0.1, -0.05) is 36.4 Å². The number of nitrogens with one attached hydrogen (secondary N) is 2. The number of halogens is 2. The average molecular weight is 446 g/mol. The number of sulfonamides is 1. The molecule has 1 atom stereocenters. The van der Waals surface area contributed by atoms with Crippen molar-refractivity contribution < 1.29 is 26.7 Å². The maximum absolute atomic E-state index is 13.7. The molecule has 31 heavy (non-hydrogen) atoms. The number of rotatable bonds is 8. The summed E-state index contributed by atoms with van der Waals surface area (Å²) in [6.45, 7) is 0. The predicted octanol–water partition coefficient (Wildman–Crippen LogP) is 3.50. The minimum absolute atomic E-state index is 0.0127. The fraction of sp³-hybridized carbons (Fsp3) is 0.136. The molecule has 0 aliphatic carbocycles. The van der Waals surface area contributed by atoms with Crippen molar-refractivity contribution in [3.8, 4) is 5.75 Å². The van der Waals surface area contributed by atoms with Crippen LogP contribution in [0.5, 0.6) is 5.75 Å². The Hall–Kier alpha value is -3.30. The third-order valence-corrected chi connectivity index (χ3v) is 5.90. The van der Waals surface area contributed by atoms with E-state index in [2.05, 4.69) is 10.0 Å². The molecule has 0 heterocycles. The molecule has 0 aliphatic rings. The SMILES string of the molecule is COc1ccc(F)cc1S(=O)(=O)NC(Cc1ccccc1)C(=O)Nc1cccc(F)c1. The van der Waals surface area contributed by atoms with E-state index in [1.54, 1.807) is 30.3 Å². The van der Waals surface area contributed by atoms with Crippen LogP contribution in [0, 0.1) is 11.6 Å². The molecule has 0 bridgehead atoms. The minimum atomic E-state index is -4.34. The summed E-state index contributed by atoms with van der Waals surface area (Å²) in [5, 5.41) is 2.51. The van der Waals surface area contributed by atoms with Crippen LogP contribution in [0.3, 0.4) is 0 Å². The van der Waals surface area contributed by atoms with Crippen molar-refractivity contribution in [2.75, 3.05) is 12.4 Å². The molecule has 1 amide bonds. The smallest absolute Gasteiger partial charge is 0.245 e. The van der Waals surface area contributed by atoms with Gasteiger partial charge in [-0.15, -0.1) is 0 Å². The zero-order valence-corrected chi connectivity index (χ0v) is 17.3. The Kier molecular flexibility index (Phi) is 6.98. The Morgan fingerprint density at radius 1 is 0.968 bits per heavy atom. The quantitative estimate of drug-likeness (QED) is 0.555. The lowest BCUT2D eigenvalue weighted by molar-refractivity contribution is -0.117. The van der Waals surface area contributed by atoms with E-state index in [0.717, 1.165) is 18.2 Å². The van der Waals surface area contributed by atoms with Gasteiger partial charge in [-0.2, -0.15) is 4.72 Å². The summed E-state index contributed by atoms with van der Waals surface area (Å²) in [7, 11) is -3.09. The summed E-state index contributed by atoms with van der Waals surface area (Å²) < 4.78 is 60.5. The third-order valence-electron chi connectivity index (χ3n) is 4.40. The van der Waals surface area contributed by atoms with Gasteiger partial charge in [-0.3, -0.25) is 4.79 Å². The Balaban J connectivity index is 1.92. The standard InChI is InChI=1S/C22H20F2N2O4S/c1-30-20-11-10-17(24)14-21(20)31(28,29)26-19(12-15-6-3-2-4-7-15)22(27)25-18-9-5-8-16(23)13-18/h2-11,13-14,19,26H,12H2,1H3,(H,25,27). The van der Waals surface area contributed by atoms with Gasteiger partial charge < -0.3 is 10.1 Å². The fourth-order valence-electron chi connectivity index (χ4n) is 2.94. The highest BCUT2D eigenvalue weighted by atomic mass is 32.2. The highest BCUT2D eigenvalue weighted by molar-refractivity contribution is 7.89. The van der Waals surface area contributed by atoms with Gasteiger partial charge in [0.25, 0.3) is 0 Å². The summed E-state index contributed by atoms with van der Waals surface area (Å²) in [6.07, 6.45) is 0.0127. The van der Waals surface area contributed by atoms with Crippen LogP contribution in [0.1, 0.15) is 5.56 Å². The lowest BCUT2D eigenvalue weighted by atomic mass is 10.1. The topological polar surface area (TPSA) is 84.5 Å². The number of amides is 1. The summed E-state index contributed by atoms with van der Waals surface area (Å²) in [5.74, 6) is -2.10. The summed E-state index contributed by atoms with van der Waals surface area (Å²) in [4.78, 5) is 12.5. The minimum Gasteiger partial charge on any atom is -0.495 e. The number of methoxy groups -OCH3 is 1. The predicted molar refractivity (Wildman–Crippen MR) is 112 cm³/mol. The van der Waals surface area contributed by atoms with Crippen LogP contribution in [0.15, 0.2) is 77.7 Å². The summed E-state index contributed by atoms with van der Waals surface area (Å²) in [6, 6.07) is 15.8. The van der Waals surface area contributed by atoms with Crippen LogP contribution in [-0.4, -0.2) is 27.5 Å². The van der Waals surface area contributed by atoms with E-state index in [9.17, 15) is 22.0 Å². The Labute approximate surface area is 178 Å². The van der Waals surface area contributed by atoms with E-state index in [0.29, 0.717) is 5.56 Å². The first kappa shape index (κ1) is 22.4. The van der Waals surface area contributed by atoms with Crippen LogP contribution < -0.4 is 14.8 Å². The highest BCUT2D eigenvalue weighted by Gasteiger charge is 2.29. The molecule has 0 radical (unpaired) electrons. The molecular weight excluding hydrogens is 426 g/mol. The number of hydrogen-bond acceptors (Lipinski definition) is 4.